The number of carbonyl (C=O) groups excluding carboxylic acids is 1. The predicted octanol–water partition coefficient (Wildman–Crippen LogP) is 1.21. The second-order valence-corrected chi connectivity index (χ2v) is 4.08. The van der Waals surface area contributed by atoms with Gasteiger partial charge in [-0.3, -0.25) is 4.79 Å². The van der Waals surface area contributed by atoms with E-state index in [4.69, 9.17) is 6.42 Å². The molecule has 0 bridgehead atoms. The van der Waals surface area contributed by atoms with Crippen LogP contribution in [0.2, 0.25) is 0 Å². The van der Waals surface area contributed by atoms with Gasteiger partial charge in [-0.15, -0.1) is 12.3 Å². The molecule has 1 rings (SSSR count). The summed E-state index contributed by atoms with van der Waals surface area (Å²) in [6.07, 6.45) is 10.5. The van der Waals surface area contributed by atoms with Crippen molar-refractivity contribution in [3.05, 3.63) is 0 Å². The van der Waals surface area contributed by atoms with E-state index >= 15 is 0 Å². The Balaban J connectivity index is 2.34. The minimum Gasteiger partial charge on any atom is -0.391 e. The average molecular weight is 209 g/mol. The highest BCUT2D eigenvalue weighted by Crippen LogP contribution is 2.18. The van der Waals surface area contributed by atoms with Crippen molar-refractivity contribution in [1.82, 2.24) is 5.32 Å². The van der Waals surface area contributed by atoms with Crippen molar-refractivity contribution in [3.8, 4) is 12.3 Å². The Morgan fingerprint density at radius 3 is 2.87 bits per heavy atom. The van der Waals surface area contributed by atoms with Gasteiger partial charge in [-0.25, -0.2) is 0 Å². The molecule has 1 amide bonds. The minimum atomic E-state index is -0.387. The molecular formula is C12H19NO2. The first-order valence-electron chi connectivity index (χ1n) is 5.65. The molecule has 0 aliphatic heterocycles. The molecule has 0 aromatic carbocycles. The SMILES string of the molecule is C#CCCC(=O)NC1CCCCCC1O. The van der Waals surface area contributed by atoms with Crippen LogP contribution in [0.25, 0.3) is 0 Å². The van der Waals surface area contributed by atoms with Crippen molar-refractivity contribution < 1.29 is 9.90 Å². The van der Waals surface area contributed by atoms with E-state index in [1.807, 2.05) is 0 Å². The largest absolute Gasteiger partial charge is 0.391 e. The maximum atomic E-state index is 11.4. The van der Waals surface area contributed by atoms with Crippen LogP contribution in [0.4, 0.5) is 0 Å². The molecule has 1 fully saturated rings. The van der Waals surface area contributed by atoms with E-state index in [-0.39, 0.29) is 18.1 Å². The van der Waals surface area contributed by atoms with Gasteiger partial charge >= 0.3 is 0 Å². The smallest absolute Gasteiger partial charge is 0.221 e. The monoisotopic (exact) mass is 209 g/mol. The Labute approximate surface area is 91.3 Å². The third-order valence-electron chi connectivity index (χ3n) is 2.82. The molecule has 0 saturated heterocycles. The number of hydrogen-bond acceptors (Lipinski definition) is 2. The zero-order valence-electron chi connectivity index (χ0n) is 9.04. The van der Waals surface area contributed by atoms with Crippen LogP contribution in [0.15, 0.2) is 0 Å². The lowest BCUT2D eigenvalue weighted by atomic mass is 10.1. The molecule has 0 radical (unpaired) electrons. The third kappa shape index (κ3) is 4.35. The molecule has 15 heavy (non-hydrogen) atoms. The molecule has 0 heterocycles. The first-order chi connectivity index (χ1) is 7.24. The van der Waals surface area contributed by atoms with Gasteiger partial charge in [0.15, 0.2) is 0 Å². The minimum absolute atomic E-state index is 0.0427. The quantitative estimate of drug-likeness (QED) is 0.542. The highest BCUT2D eigenvalue weighted by atomic mass is 16.3. The summed E-state index contributed by atoms with van der Waals surface area (Å²) in [4.78, 5) is 11.4. The lowest BCUT2D eigenvalue weighted by molar-refractivity contribution is -0.122. The summed E-state index contributed by atoms with van der Waals surface area (Å²) in [7, 11) is 0. The molecule has 0 aromatic heterocycles. The Morgan fingerprint density at radius 1 is 1.40 bits per heavy atom. The van der Waals surface area contributed by atoms with Crippen LogP contribution in [0, 0.1) is 12.3 Å². The summed E-state index contributed by atoms with van der Waals surface area (Å²) in [5.74, 6) is 2.39. The molecule has 3 nitrogen and oxygen atoms in total. The van der Waals surface area contributed by atoms with Crippen molar-refractivity contribution in [1.29, 1.82) is 0 Å². The predicted molar refractivity (Wildman–Crippen MR) is 59.1 cm³/mol. The van der Waals surface area contributed by atoms with Gasteiger partial charge in [-0.2, -0.15) is 0 Å². The van der Waals surface area contributed by atoms with Crippen molar-refractivity contribution in [2.75, 3.05) is 0 Å². The summed E-state index contributed by atoms with van der Waals surface area (Å²) in [5, 5.41) is 12.6. The van der Waals surface area contributed by atoms with Crippen LogP contribution in [0.1, 0.15) is 44.9 Å². The van der Waals surface area contributed by atoms with E-state index in [9.17, 15) is 9.90 Å². The van der Waals surface area contributed by atoms with E-state index in [1.54, 1.807) is 0 Å². The number of aliphatic hydroxyl groups is 1. The molecule has 2 atom stereocenters. The Bertz CT molecular complexity index is 244. The van der Waals surface area contributed by atoms with E-state index in [1.165, 1.54) is 0 Å². The van der Waals surface area contributed by atoms with Gasteiger partial charge in [0, 0.05) is 12.8 Å². The van der Waals surface area contributed by atoms with Crippen molar-refractivity contribution >= 4 is 5.91 Å². The first kappa shape index (κ1) is 12.1. The number of terminal acetylenes is 1. The average Bonchev–Trinajstić information content (AvgIpc) is 2.42. The van der Waals surface area contributed by atoms with Crippen molar-refractivity contribution in [2.24, 2.45) is 0 Å². The van der Waals surface area contributed by atoms with E-state index in [0.717, 1.165) is 32.1 Å². The fraction of sp³-hybridized carbons (Fsp3) is 0.750. The van der Waals surface area contributed by atoms with Gasteiger partial charge in [-0.1, -0.05) is 19.3 Å². The zero-order chi connectivity index (χ0) is 11.1. The summed E-state index contributed by atoms with van der Waals surface area (Å²) in [5.41, 5.74) is 0. The normalized spacial score (nSPS) is 26.4. The molecule has 1 aliphatic carbocycles. The fourth-order valence-electron chi connectivity index (χ4n) is 1.92. The topological polar surface area (TPSA) is 49.3 Å². The van der Waals surface area contributed by atoms with Gasteiger partial charge in [0.05, 0.1) is 12.1 Å². The van der Waals surface area contributed by atoms with Crippen LogP contribution in [0.5, 0.6) is 0 Å². The van der Waals surface area contributed by atoms with Gasteiger partial charge in [-0.05, 0) is 12.8 Å². The highest BCUT2D eigenvalue weighted by Gasteiger charge is 2.22. The number of nitrogens with one attached hydrogen (secondary N) is 1. The number of amides is 1. The summed E-state index contributed by atoms with van der Waals surface area (Å²) >= 11 is 0. The summed E-state index contributed by atoms with van der Waals surface area (Å²) in [6, 6.07) is -0.0715. The highest BCUT2D eigenvalue weighted by molar-refractivity contribution is 5.76. The number of hydrogen-bond donors (Lipinski definition) is 2. The molecule has 0 aromatic rings. The van der Waals surface area contributed by atoms with Gasteiger partial charge < -0.3 is 10.4 Å². The van der Waals surface area contributed by atoms with Gasteiger partial charge in [0.1, 0.15) is 0 Å². The van der Waals surface area contributed by atoms with Crippen LogP contribution in [-0.2, 0) is 4.79 Å². The lowest BCUT2D eigenvalue weighted by Crippen LogP contribution is -2.42. The fourth-order valence-corrected chi connectivity index (χ4v) is 1.92. The van der Waals surface area contributed by atoms with Crippen molar-refractivity contribution in [3.63, 3.8) is 0 Å². The molecule has 1 aliphatic rings. The Hall–Kier alpha value is -1.01. The second kappa shape index (κ2) is 6.47. The maximum Gasteiger partial charge on any atom is 0.221 e. The maximum absolute atomic E-state index is 11.4. The molecule has 3 heteroatoms. The van der Waals surface area contributed by atoms with Crippen LogP contribution in [-0.4, -0.2) is 23.2 Å². The lowest BCUT2D eigenvalue weighted by Gasteiger charge is -2.21. The van der Waals surface area contributed by atoms with Gasteiger partial charge in [0.25, 0.3) is 0 Å². The van der Waals surface area contributed by atoms with Crippen molar-refractivity contribution in [2.45, 2.75) is 57.1 Å². The molecular weight excluding hydrogens is 190 g/mol. The first-order valence-corrected chi connectivity index (χ1v) is 5.65. The second-order valence-electron chi connectivity index (χ2n) is 4.08. The van der Waals surface area contributed by atoms with E-state index in [0.29, 0.717) is 12.8 Å². The number of carbonyl (C=O) groups is 1. The summed E-state index contributed by atoms with van der Waals surface area (Å²) in [6.45, 7) is 0. The van der Waals surface area contributed by atoms with Crippen LogP contribution < -0.4 is 5.32 Å². The Kier molecular flexibility index (Phi) is 5.20. The number of aliphatic hydroxyl groups excluding tert-OH is 1. The standard InChI is InChI=1S/C12H19NO2/c1-2-3-9-12(15)13-10-7-5-4-6-8-11(10)14/h1,10-11,14H,3-9H2,(H,13,15). The number of rotatable bonds is 3. The third-order valence-corrected chi connectivity index (χ3v) is 2.82. The molecule has 84 valence electrons. The molecule has 2 unspecified atom stereocenters. The van der Waals surface area contributed by atoms with E-state index in [2.05, 4.69) is 11.2 Å². The Morgan fingerprint density at radius 2 is 2.13 bits per heavy atom. The summed E-state index contributed by atoms with van der Waals surface area (Å²) < 4.78 is 0. The van der Waals surface area contributed by atoms with Crippen LogP contribution in [0.3, 0.4) is 0 Å². The molecule has 0 spiro atoms. The van der Waals surface area contributed by atoms with Gasteiger partial charge in [0.2, 0.25) is 5.91 Å². The molecule has 1 saturated carbocycles. The molecule has 2 N–H and O–H groups in total. The van der Waals surface area contributed by atoms with Crippen LogP contribution >= 0.6 is 0 Å². The van der Waals surface area contributed by atoms with E-state index < -0.39 is 0 Å². The zero-order valence-corrected chi connectivity index (χ0v) is 9.04.